The molecular formula is C24H25F5N5O2+. The summed E-state index contributed by atoms with van der Waals surface area (Å²) in [5.41, 5.74) is 2.20. The summed E-state index contributed by atoms with van der Waals surface area (Å²) in [4.78, 5) is 20.6. The van der Waals surface area contributed by atoms with Crippen LogP contribution < -0.4 is 11.1 Å². The van der Waals surface area contributed by atoms with Crippen LogP contribution in [0.3, 0.4) is 0 Å². The lowest BCUT2D eigenvalue weighted by Gasteiger charge is -2.40. The molecule has 0 aliphatic carbocycles. The zero-order chi connectivity index (χ0) is 25.6. The topological polar surface area (TPSA) is 77.2 Å². The summed E-state index contributed by atoms with van der Waals surface area (Å²) in [6.07, 6.45) is -2.55. The lowest BCUT2D eigenvalue weighted by Crippen LogP contribution is -2.54. The third-order valence-electron chi connectivity index (χ3n) is 6.67. The van der Waals surface area contributed by atoms with E-state index in [1.54, 1.807) is 13.0 Å². The maximum atomic E-state index is 15.4. The molecule has 4 heterocycles. The SMILES string of the molecule is CC1=[N+](CC(F)(F)F)[C@H](c2ncc(NC3CN(CCCF)C3)cc2F)c2ccc3[nH]c(=O)oc3c2C1. The Balaban J connectivity index is 1.49. The molecule has 2 aromatic heterocycles. The maximum Gasteiger partial charge on any atom is 0.448 e. The Morgan fingerprint density at radius 3 is 2.78 bits per heavy atom. The van der Waals surface area contributed by atoms with Crippen LogP contribution >= 0.6 is 0 Å². The van der Waals surface area contributed by atoms with Crippen molar-refractivity contribution in [3.63, 3.8) is 0 Å². The molecule has 1 atom stereocenters. The highest BCUT2D eigenvalue weighted by Gasteiger charge is 2.45. The number of benzene rings is 1. The van der Waals surface area contributed by atoms with E-state index in [-0.39, 0.29) is 30.4 Å². The summed E-state index contributed by atoms with van der Waals surface area (Å²) < 4.78 is 74.7. The predicted octanol–water partition coefficient (Wildman–Crippen LogP) is 3.79. The van der Waals surface area contributed by atoms with Gasteiger partial charge in [0.15, 0.2) is 17.1 Å². The highest BCUT2D eigenvalue weighted by Crippen LogP contribution is 2.38. The Kier molecular flexibility index (Phi) is 6.31. The van der Waals surface area contributed by atoms with Gasteiger partial charge in [-0.3, -0.25) is 14.3 Å². The number of oxazole rings is 1. The molecule has 0 amide bonds. The monoisotopic (exact) mass is 510 g/mol. The predicted molar refractivity (Wildman–Crippen MR) is 123 cm³/mol. The quantitative estimate of drug-likeness (QED) is 0.374. The number of halogens is 5. The molecule has 0 spiro atoms. The number of hydrogen-bond donors (Lipinski definition) is 2. The summed E-state index contributed by atoms with van der Waals surface area (Å²) in [7, 11) is 0. The van der Waals surface area contributed by atoms with Crippen LogP contribution in [0.15, 0.2) is 33.6 Å². The van der Waals surface area contributed by atoms with Crippen molar-refractivity contribution in [1.82, 2.24) is 14.9 Å². The number of likely N-dealkylation sites (tertiary alicyclic amines) is 1. The fourth-order valence-electron chi connectivity index (χ4n) is 5.08. The van der Waals surface area contributed by atoms with Crippen molar-refractivity contribution in [3.8, 4) is 0 Å². The highest BCUT2D eigenvalue weighted by atomic mass is 19.4. The van der Waals surface area contributed by atoms with E-state index in [2.05, 4.69) is 20.2 Å². The van der Waals surface area contributed by atoms with Crippen molar-refractivity contribution in [3.05, 3.63) is 57.6 Å². The molecule has 2 aliphatic rings. The minimum atomic E-state index is -4.53. The van der Waals surface area contributed by atoms with Gasteiger partial charge in [-0.15, -0.1) is 0 Å². The molecule has 1 saturated heterocycles. The van der Waals surface area contributed by atoms with E-state index in [9.17, 15) is 22.4 Å². The standard InChI is InChI=1S/C24H24F5N5O2/c1-13-7-17-16(3-4-19-22(17)36-23(35)32-19)21(34(13)12-24(27,28)29)20-18(26)8-14(9-30-20)31-15-10-33(11-15)6-2-5-25/h3-4,8-9,15,21,31H,2,5-7,10-12H2,1H3/p+1/t21-/m0/s1. The lowest BCUT2D eigenvalue weighted by atomic mass is 9.89. The molecule has 2 N–H and O–H groups in total. The maximum absolute atomic E-state index is 15.4. The fourth-order valence-corrected chi connectivity index (χ4v) is 5.08. The zero-order valence-electron chi connectivity index (χ0n) is 19.5. The van der Waals surface area contributed by atoms with Crippen molar-refractivity contribution in [2.45, 2.75) is 38.0 Å². The molecule has 3 aromatic rings. The number of rotatable bonds is 7. The number of fused-ring (bicyclic) bond motifs is 3. The molecule has 5 rings (SSSR count). The average molecular weight is 510 g/mol. The molecule has 1 aromatic carbocycles. The first kappa shape index (κ1) is 24.4. The van der Waals surface area contributed by atoms with Crippen LogP contribution in [0.1, 0.15) is 36.2 Å². The number of H-pyrrole nitrogens is 1. The highest BCUT2D eigenvalue weighted by molar-refractivity contribution is 5.88. The van der Waals surface area contributed by atoms with E-state index in [0.717, 1.165) is 4.58 Å². The Hall–Kier alpha value is -3.28. The van der Waals surface area contributed by atoms with Gasteiger partial charge in [0.25, 0.3) is 0 Å². The second kappa shape index (κ2) is 9.30. The van der Waals surface area contributed by atoms with Crippen LogP contribution in [-0.4, -0.2) is 70.2 Å². The van der Waals surface area contributed by atoms with Gasteiger partial charge < -0.3 is 9.73 Å². The Morgan fingerprint density at radius 1 is 1.31 bits per heavy atom. The van der Waals surface area contributed by atoms with Crippen LogP contribution in [0.4, 0.5) is 27.6 Å². The molecule has 0 radical (unpaired) electrons. The summed E-state index contributed by atoms with van der Waals surface area (Å²) in [5, 5.41) is 3.17. The molecule has 0 bridgehead atoms. The summed E-state index contributed by atoms with van der Waals surface area (Å²) in [5.74, 6) is -1.42. The van der Waals surface area contributed by atoms with Crippen molar-refractivity contribution in [2.75, 3.05) is 38.2 Å². The molecular weight excluding hydrogens is 485 g/mol. The average Bonchev–Trinajstić information content (AvgIpc) is 3.16. The van der Waals surface area contributed by atoms with E-state index in [4.69, 9.17) is 4.42 Å². The number of hydrogen-bond acceptors (Lipinski definition) is 5. The third-order valence-corrected chi connectivity index (χ3v) is 6.67. The van der Waals surface area contributed by atoms with Crippen LogP contribution in [0, 0.1) is 5.82 Å². The third kappa shape index (κ3) is 4.73. The molecule has 0 saturated carbocycles. The Labute approximate surface area is 202 Å². The van der Waals surface area contributed by atoms with E-state index < -0.39 is 30.3 Å². The van der Waals surface area contributed by atoms with E-state index in [1.807, 2.05) is 0 Å². The van der Waals surface area contributed by atoms with Gasteiger partial charge in [-0.05, 0) is 18.6 Å². The molecule has 192 valence electrons. The molecule has 2 aliphatic heterocycles. The summed E-state index contributed by atoms with van der Waals surface area (Å²) in [6.45, 7) is 1.91. The smallest absolute Gasteiger partial charge is 0.408 e. The minimum Gasteiger partial charge on any atom is -0.408 e. The first-order chi connectivity index (χ1) is 17.1. The molecule has 36 heavy (non-hydrogen) atoms. The number of anilines is 1. The van der Waals surface area contributed by atoms with Crippen LogP contribution in [0.5, 0.6) is 0 Å². The van der Waals surface area contributed by atoms with Crippen molar-refractivity contribution < 1.29 is 30.9 Å². The van der Waals surface area contributed by atoms with Crippen molar-refractivity contribution in [2.24, 2.45) is 0 Å². The minimum absolute atomic E-state index is 0.0501. The number of aromatic amines is 1. The van der Waals surface area contributed by atoms with Gasteiger partial charge >= 0.3 is 11.9 Å². The number of alkyl halides is 4. The lowest BCUT2D eigenvalue weighted by molar-refractivity contribution is -0.592. The van der Waals surface area contributed by atoms with Gasteiger partial charge in [0, 0.05) is 43.8 Å². The normalized spacial score (nSPS) is 19.0. The number of aromatic nitrogens is 2. The molecule has 1 fully saturated rings. The van der Waals surface area contributed by atoms with E-state index >= 15 is 4.39 Å². The van der Waals surface area contributed by atoms with Crippen molar-refractivity contribution >= 4 is 22.5 Å². The second-order valence-electron chi connectivity index (χ2n) is 9.32. The van der Waals surface area contributed by atoms with E-state index in [1.165, 1.54) is 18.3 Å². The molecule has 0 unspecified atom stereocenters. The number of nitrogens with zero attached hydrogens (tertiary/aromatic N) is 3. The Bertz CT molecular complexity index is 1370. The number of pyridine rings is 1. The van der Waals surface area contributed by atoms with Gasteiger partial charge in [0.1, 0.15) is 5.69 Å². The second-order valence-corrected chi connectivity index (χ2v) is 9.32. The molecule has 12 heteroatoms. The fraction of sp³-hybridized carbons (Fsp3) is 0.458. The van der Waals surface area contributed by atoms with Crippen LogP contribution in [0.25, 0.3) is 11.1 Å². The summed E-state index contributed by atoms with van der Waals surface area (Å²) >= 11 is 0. The van der Waals surface area contributed by atoms with Gasteiger partial charge in [-0.1, -0.05) is 0 Å². The Morgan fingerprint density at radius 2 is 2.08 bits per heavy atom. The van der Waals surface area contributed by atoms with Gasteiger partial charge in [-0.25, -0.2) is 18.7 Å². The van der Waals surface area contributed by atoms with Crippen LogP contribution in [-0.2, 0) is 6.42 Å². The largest absolute Gasteiger partial charge is 0.448 e. The van der Waals surface area contributed by atoms with E-state index in [0.29, 0.717) is 54.1 Å². The van der Waals surface area contributed by atoms with Gasteiger partial charge in [0.05, 0.1) is 36.5 Å². The van der Waals surface area contributed by atoms with Gasteiger partial charge in [-0.2, -0.15) is 13.2 Å². The van der Waals surface area contributed by atoms with Crippen LogP contribution in [0.2, 0.25) is 0 Å². The first-order valence-corrected chi connectivity index (χ1v) is 11.6. The zero-order valence-corrected chi connectivity index (χ0v) is 19.5. The van der Waals surface area contributed by atoms with Crippen molar-refractivity contribution in [1.29, 1.82) is 0 Å². The van der Waals surface area contributed by atoms with Gasteiger partial charge in [0.2, 0.25) is 12.6 Å². The molecule has 7 nitrogen and oxygen atoms in total. The summed E-state index contributed by atoms with van der Waals surface area (Å²) in [6, 6.07) is 3.24. The first-order valence-electron chi connectivity index (χ1n) is 11.6. The number of nitrogens with one attached hydrogen (secondary N) is 2.